The molecule has 0 fully saturated rings. The number of rotatable bonds is 2. The van der Waals surface area contributed by atoms with E-state index in [-0.39, 0.29) is 12.4 Å². The van der Waals surface area contributed by atoms with Crippen LogP contribution in [0.2, 0.25) is 5.02 Å². The Morgan fingerprint density at radius 2 is 2.06 bits per heavy atom. The highest BCUT2D eigenvalue weighted by Gasteiger charge is 2.26. The minimum Gasteiger partial charge on any atom is -0.329 e. The van der Waals surface area contributed by atoms with Crippen LogP contribution in [0.25, 0.3) is 11.4 Å². The number of hydrogen-bond donors (Lipinski definition) is 1. The Balaban J connectivity index is 0.00000120. The smallest absolute Gasteiger partial charge is 0.191 e. The van der Waals surface area contributed by atoms with Gasteiger partial charge < -0.3 is 10.3 Å². The molecule has 2 N–H and O–H groups in total. The van der Waals surface area contributed by atoms with Crippen molar-refractivity contribution in [3.63, 3.8) is 0 Å². The van der Waals surface area contributed by atoms with E-state index in [0.717, 1.165) is 28.1 Å². The molecule has 2 heterocycles. The van der Waals surface area contributed by atoms with Crippen LogP contribution >= 0.6 is 35.8 Å². The van der Waals surface area contributed by atoms with Crippen LogP contribution < -0.4 is 5.73 Å². The largest absolute Gasteiger partial charge is 0.329 e. The van der Waals surface area contributed by atoms with Crippen molar-refractivity contribution in [2.45, 2.75) is 17.0 Å². The Labute approximate surface area is 120 Å². The highest BCUT2D eigenvalue weighted by atomic mass is 35.5. The Kier molecular flexibility index (Phi) is 4.17. The Bertz CT molecular complexity index is 540. The van der Waals surface area contributed by atoms with Gasteiger partial charge in [-0.3, -0.25) is 0 Å². The van der Waals surface area contributed by atoms with Gasteiger partial charge in [0.25, 0.3) is 0 Å². The van der Waals surface area contributed by atoms with Gasteiger partial charge >= 0.3 is 0 Å². The normalized spacial score (nSPS) is 17.3. The molecular formula is C11H12Cl2N4S. The van der Waals surface area contributed by atoms with Crippen LogP contribution in [0.5, 0.6) is 0 Å². The van der Waals surface area contributed by atoms with Gasteiger partial charge in [0.05, 0.1) is 0 Å². The summed E-state index contributed by atoms with van der Waals surface area (Å²) in [6, 6.07) is 7.64. The van der Waals surface area contributed by atoms with Gasteiger partial charge in [-0.05, 0) is 24.3 Å². The van der Waals surface area contributed by atoms with Gasteiger partial charge in [-0.2, -0.15) is 0 Å². The van der Waals surface area contributed by atoms with Gasteiger partial charge in [0.15, 0.2) is 11.0 Å². The molecule has 3 rings (SSSR count). The number of aromatic nitrogens is 3. The predicted octanol–water partition coefficient (Wildman–Crippen LogP) is 2.45. The summed E-state index contributed by atoms with van der Waals surface area (Å²) in [5.41, 5.74) is 6.71. The maximum atomic E-state index is 5.87. The average molecular weight is 303 g/mol. The highest BCUT2D eigenvalue weighted by Crippen LogP contribution is 2.33. The van der Waals surface area contributed by atoms with Crippen LogP contribution in [0.4, 0.5) is 0 Å². The van der Waals surface area contributed by atoms with E-state index in [1.165, 1.54) is 0 Å². The van der Waals surface area contributed by atoms with Crippen molar-refractivity contribution >= 4 is 35.8 Å². The maximum Gasteiger partial charge on any atom is 0.191 e. The van der Waals surface area contributed by atoms with E-state index < -0.39 is 0 Å². The second-order valence-corrected chi connectivity index (χ2v) is 5.60. The van der Waals surface area contributed by atoms with Crippen molar-refractivity contribution < 1.29 is 0 Å². The number of thioether (sulfide) groups is 1. The molecule has 0 amide bonds. The minimum absolute atomic E-state index is 0. The molecule has 0 bridgehead atoms. The third-order valence-electron chi connectivity index (χ3n) is 2.74. The lowest BCUT2D eigenvalue weighted by Crippen LogP contribution is -2.17. The molecule has 0 saturated heterocycles. The highest BCUT2D eigenvalue weighted by molar-refractivity contribution is 8.00. The molecule has 0 spiro atoms. The third kappa shape index (κ3) is 2.36. The molecule has 1 aliphatic heterocycles. The first-order chi connectivity index (χ1) is 8.28. The first-order valence-electron chi connectivity index (χ1n) is 5.34. The fourth-order valence-electron chi connectivity index (χ4n) is 1.87. The summed E-state index contributed by atoms with van der Waals surface area (Å²) in [6.07, 6.45) is 0. The van der Waals surface area contributed by atoms with Crippen molar-refractivity contribution in [3.8, 4) is 11.4 Å². The molecule has 1 atom stereocenters. The summed E-state index contributed by atoms with van der Waals surface area (Å²) < 4.78 is 2.12. The number of fused-ring (bicyclic) bond motifs is 1. The Morgan fingerprint density at radius 1 is 1.33 bits per heavy atom. The van der Waals surface area contributed by atoms with E-state index in [1.807, 2.05) is 24.3 Å². The summed E-state index contributed by atoms with van der Waals surface area (Å²) in [4.78, 5) is 0. The fraction of sp³-hybridized carbons (Fsp3) is 0.273. The maximum absolute atomic E-state index is 5.87. The van der Waals surface area contributed by atoms with Crippen LogP contribution in [0.1, 0.15) is 0 Å². The first kappa shape index (κ1) is 13.7. The van der Waals surface area contributed by atoms with E-state index in [4.69, 9.17) is 17.3 Å². The number of nitrogens with two attached hydrogens (primary N) is 1. The summed E-state index contributed by atoms with van der Waals surface area (Å²) in [6.45, 7) is 1.54. The molecule has 4 nitrogen and oxygen atoms in total. The molecule has 1 aromatic carbocycles. The van der Waals surface area contributed by atoms with Crippen molar-refractivity contribution in [2.24, 2.45) is 5.73 Å². The zero-order valence-electron chi connectivity index (χ0n) is 9.41. The monoisotopic (exact) mass is 302 g/mol. The van der Waals surface area contributed by atoms with Crippen molar-refractivity contribution in [3.05, 3.63) is 29.3 Å². The summed E-state index contributed by atoms with van der Waals surface area (Å²) in [5, 5.41) is 10.5. The van der Waals surface area contributed by atoms with E-state index in [9.17, 15) is 0 Å². The van der Waals surface area contributed by atoms with E-state index in [0.29, 0.717) is 11.8 Å². The van der Waals surface area contributed by atoms with Crippen molar-refractivity contribution in [1.29, 1.82) is 0 Å². The number of halogens is 2. The predicted molar refractivity (Wildman–Crippen MR) is 76.4 cm³/mol. The minimum atomic E-state index is 0. The lowest BCUT2D eigenvalue weighted by molar-refractivity contribution is 0.655. The van der Waals surface area contributed by atoms with Crippen LogP contribution in [-0.2, 0) is 6.54 Å². The van der Waals surface area contributed by atoms with Crippen LogP contribution in [0, 0.1) is 0 Å². The van der Waals surface area contributed by atoms with Crippen molar-refractivity contribution in [1.82, 2.24) is 14.8 Å². The van der Waals surface area contributed by atoms with Gasteiger partial charge in [-0.1, -0.05) is 23.4 Å². The lowest BCUT2D eigenvalue weighted by Gasteiger charge is -2.05. The third-order valence-corrected chi connectivity index (χ3v) is 4.18. The van der Waals surface area contributed by atoms with Gasteiger partial charge in [0.1, 0.15) is 0 Å². The average Bonchev–Trinajstić information content (AvgIpc) is 2.89. The summed E-state index contributed by atoms with van der Waals surface area (Å²) in [7, 11) is 0. The molecule has 96 valence electrons. The molecule has 2 aromatic rings. The molecule has 1 unspecified atom stereocenters. The first-order valence-corrected chi connectivity index (χ1v) is 6.59. The molecule has 0 saturated carbocycles. The topological polar surface area (TPSA) is 56.7 Å². The second-order valence-electron chi connectivity index (χ2n) is 3.90. The van der Waals surface area contributed by atoms with E-state index >= 15 is 0 Å². The molecule has 18 heavy (non-hydrogen) atoms. The quantitative estimate of drug-likeness (QED) is 0.926. The molecular weight excluding hydrogens is 291 g/mol. The van der Waals surface area contributed by atoms with Gasteiger partial charge in [-0.15, -0.1) is 22.6 Å². The van der Waals surface area contributed by atoms with Crippen LogP contribution in [0.3, 0.4) is 0 Å². The van der Waals surface area contributed by atoms with Crippen LogP contribution in [0.15, 0.2) is 29.4 Å². The summed E-state index contributed by atoms with van der Waals surface area (Å²) >= 11 is 7.57. The molecule has 1 aliphatic rings. The summed E-state index contributed by atoms with van der Waals surface area (Å²) in [5.74, 6) is 0.889. The fourth-order valence-corrected chi connectivity index (χ4v) is 2.99. The zero-order chi connectivity index (χ0) is 11.8. The molecule has 7 heteroatoms. The second kappa shape index (κ2) is 5.48. The SMILES string of the molecule is Cl.NCC1Cn2c(nnc2-c2ccc(Cl)cc2)S1. The van der Waals surface area contributed by atoms with Gasteiger partial charge in [0.2, 0.25) is 0 Å². The number of benzene rings is 1. The number of hydrogen-bond acceptors (Lipinski definition) is 4. The Hall–Kier alpha value is -0.750. The zero-order valence-corrected chi connectivity index (χ0v) is 11.8. The number of nitrogens with zero attached hydrogens (tertiary/aromatic N) is 3. The molecule has 0 aliphatic carbocycles. The van der Waals surface area contributed by atoms with E-state index in [1.54, 1.807) is 11.8 Å². The van der Waals surface area contributed by atoms with Crippen molar-refractivity contribution in [2.75, 3.05) is 6.54 Å². The van der Waals surface area contributed by atoms with E-state index in [2.05, 4.69) is 14.8 Å². The Morgan fingerprint density at radius 3 is 2.72 bits per heavy atom. The van der Waals surface area contributed by atoms with Gasteiger partial charge in [-0.25, -0.2) is 0 Å². The molecule has 1 aromatic heterocycles. The standard InChI is InChI=1S/C11H11ClN4S.ClH/c12-8-3-1-7(2-4-8)10-14-15-11-16(10)6-9(5-13)17-11;/h1-4,9H,5-6,13H2;1H. The van der Waals surface area contributed by atoms with Crippen LogP contribution in [-0.4, -0.2) is 26.6 Å². The molecule has 0 radical (unpaired) electrons. The van der Waals surface area contributed by atoms with Gasteiger partial charge in [0, 0.05) is 28.9 Å². The lowest BCUT2D eigenvalue weighted by atomic mass is 10.2.